The first-order chi connectivity index (χ1) is 9.04. The van der Waals surface area contributed by atoms with Crippen molar-refractivity contribution in [3.63, 3.8) is 0 Å². The molecule has 0 fully saturated rings. The van der Waals surface area contributed by atoms with Gasteiger partial charge in [-0.05, 0) is 25.5 Å². The predicted molar refractivity (Wildman–Crippen MR) is 71.4 cm³/mol. The van der Waals surface area contributed by atoms with E-state index < -0.39 is 11.0 Å². The Morgan fingerprint density at radius 3 is 2.37 bits per heavy atom. The van der Waals surface area contributed by atoms with Gasteiger partial charge in [-0.1, -0.05) is 0 Å². The van der Waals surface area contributed by atoms with Gasteiger partial charge in [0.1, 0.15) is 0 Å². The Kier molecular flexibility index (Phi) is 5.53. The molecular formula is C12H19N3O4. The van der Waals surface area contributed by atoms with Gasteiger partial charge in [-0.15, -0.1) is 0 Å². The van der Waals surface area contributed by atoms with Crippen LogP contribution in [0.25, 0.3) is 0 Å². The standard InChI is InChI=1S/C12H19N3O4/c1-18-11-6-8(9(14)4-3-5-13)10(15(16)17)7-12(11)19-2/h6-7,9H,3-5,13-14H2,1-2H3/t9-/m0/s1. The van der Waals surface area contributed by atoms with E-state index in [2.05, 4.69) is 0 Å². The van der Waals surface area contributed by atoms with Gasteiger partial charge in [0, 0.05) is 6.04 Å². The summed E-state index contributed by atoms with van der Waals surface area (Å²) in [6.07, 6.45) is 1.28. The highest BCUT2D eigenvalue weighted by atomic mass is 16.6. The molecule has 1 atom stereocenters. The van der Waals surface area contributed by atoms with Crippen LogP contribution in [0.5, 0.6) is 11.5 Å². The van der Waals surface area contributed by atoms with Gasteiger partial charge in [0.25, 0.3) is 5.69 Å². The topological polar surface area (TPSA) is 114 Å². The lowest BCUT2D eigenvalue weighted by Gasteiger charge is -2.15. The van der Waals surface area contributed by atoms with E-state index in [1.165, 1.54) is 20.3 Å². The van der Waals surface area contributed by atoms with Crippen LogP contribution in [0.1, 0.15) is 24.4 Å². The number of nitro benzene ring substituents is 1. The number of rotatable bonds is 7. The van der Waals surface area contributed by atoms with Crippen LogP contribution in [0.15, 0.2) is 12.1 Å². The summed E-state index contributed by atoms with van der Waals surface area (Å²) in [5, 5.41) is 11.1. The smallest absolute Gasteiger partial charge is 0.278 e. The van der Waals surface area contributed by atoms with Crippen LogP contribution in [0, 0.1) is 10.1 Å². The minimum atomic E-state index is -0.473. The minimum absolute atomic E-state index is 0.0674. The molecule has 1 aromatic rings. The Morgan fingerprint density at radius 1 is 1.32 bits per heavy atom. The number of hydrogen-bond donors (Lipinski definition) is 2. The predicted octanol–water partition coefficient (Wildman–Crippen LogP) is 1.35. The maximum atomic E-state index is 11.1. The number of nitro groups is 1. The molecule has 1 rings (SSSR count). The van der Waals surface area contributed by atoms with Gasteiger partial charge in [0.2, 0.25) is 0 Å². The SMILES string of the molecule is COc1cc([C@@H](N)CCCN)c([N+](=O)[O-])cc1OC. The number of methoxy groups -OCH3 is 2. The third-order valence-electron chi connectivity index (χ3n) is 2.85. The Labute approximate surface area is 111 Å². The fourth-order valence-electron chi connectivity index (χ4n) is 1.83. The molecule has 106 valence electrons. The quantitative estimate of drug-likeness (QED) is 0.570. The largest absolute Gasteiger partial charge is 0.493 e. The Morgan fingerprint density at radius 2 is 1.89 bits per heavy atom. The molecule has 0 bridgehead atoms. The molecule has 0 heterocycles. The van der Waals surface area contributed by atoms with Crippen molar-refractivity contribution >= 4 is 5.69 Å². The average Bonchev–Trinajstić information content (AvgIpc) is 2.42. The Hall–Kier alpha value is -1.86. The van der Waals surface area contributed by atoms with Crippen molar-refractivity contribution in [3.05, 3.63) is 27.8 Å². The lowest BCUT2D eigenvalue weighted by molar-refractivity contribution is -0.385. The van der Waals surface area contributed by atoms with E-state index in [1.807, 2.05) is 0 Å². The second-order valence-electron chi connectivity index (χ2n) is 4.06. The van der Waals surface area contributed by atoms with Gasteiger partial charge in [0.05, 0.1) is 30.8 Å². The summed E-state index contributed by atoms with van der Waals surface area (Å²) in [5.41, 5.74) is 11.8. The second-order valence-corrected chi connectivity index (χ2v) is 4.06. The number of ether oxygens (including phenoxy) is 2. The Bertz CT molecular complexity index is 451. The lowest BCUT2D eigenvalue weighted by atomic mass is 10.0. The molecule has 1 aromatic carbocycles. The van der Waals surface area contributed by atoms with Crippen molar-refractivity contribution in [1.29, 1.82) is 0 Å². The molecule has 0 aliphatic heterocycles. The first kappa shape index (κ1) is 15.2. The summed E-state index contributed by atoms with van der Waals surface area (Å²) in [7, 11) is 2.90. The molecule has 7 nitrogen and oxygen atoms in total. The first-order valence-electron chi connectivity index (χ1n) is 5.91. The summed E-state index contributed by atoms with van der Waals surface area (Å²) in [4.78, 5) is 10.6. The molecule has 0 aromatic heterocycles. The zero-order valence-electron chi connectivity index (χ0n) is 11.1. The van der Waals surface area contributed by atoms with E-state index in [1.54, 1.807) is 6.07 Å². The third-order valence-corrected chi connectivity index (χ3v) is 2.85. The van der Waals surface area contributed by atoms with Crippen molar-refractivity contribution in [3.8, 4) is 11.5 Å². The van der Waals surface area contributed by atoms with Crippen molar-refractivity contribution in [2.24, 2.45) is 11.5 Å². The third kappa shape index (κ3) is 3.55. The van der Waals surface area contributed by atoms with Gasteiger partial charge in [-0.3, -0.25) is 10.1 Å². The summed E-state index contributed by atoms with van der Waals surface area (Å²) >= 11 is 0. The zero-order valence-corrected chi connectivity index (χ0v) is 11.1. The molecule has 0 unspecified atom stereocenters. The minimum Gasteiger partial charge on any atom is -0.493 e. The van der Waals surface area contributed by atoms with Crippen LogP contribution in [-0.4, -0.2) is 25.7 Å². The number of hydrogen-bond acceptors (Lipinski definition) is 6. The molecule has 0 saturated heterocycles. The lowest BCUT2D eigenvalue weighted by Crippen LogP contribution is -2.14. The normalized spacial score (nSPS) is 12.0. The molecule has 0 aliphatic carbocycles. The van der Waals surface area contributed by atoms with Crippen LogP contribution in [0.4, 0.5) is 5.69 Å². The van der Waals surface area contributed by atoms with E-state index in [0.29, 0.717) is 36.4 Å². The van der Waals surface area contributed by atoms with E-state index in [9.17, 15) is 10.1 Å². The maximum Gasteiger partial charge on any atom is 0.278 e. The van der Waals surface area contributed by atoms with Gasteiger partial charge in [-0.2, -0.15) is 0 Å². The first-order valence-corrected chi connectivity index (χ1v) is 5.91. The number of nitrogens with zero attached hydrogens (tertiary/aromatic N) is 1. The van der Waals surface area contributed by atoms with Crippen LogP contribution >= 0.6 is 0 Å². The van der Waals surface area contributed by atoms with E-state index in [0.717, 1.165) is 0 Å². The van der Waals surface area contributed by atoms with Gasteiger partial charge < -0.3 is 20.9 Å². The average molecular weight is 269 g/mol. The van der Waals surface area contributed by atoms with Crippen LogP contribution in [0.3, 0.4) is 0 Å². The van der Waals surface area contributed by atoms with Gasteiger partial charge in [0.15, 0.2) is 11.5 Å². The summed E-state index contributed by atoms with van der Waals surface area (Å²) in [5.74, 6) is 0.732. The van der Waals surface area contributed by atoms with Gasteiger partial charge >= 0.3 is 0 Å². The molecule has 0 amide bonds. The molecule has 4 N–H and O–H groups in total. The second kappa shape index (κ2) is 6.91. The molecule has 0 saturated carbocycles. The van der Waals surface area contributed by atoms with Crippen LogP contribution in [-0.2, 0) is 0 Å². The summed E-state index contributed by atoms with van der Waals surface area (Å²) in [6.45, 7) is 0.495. The molecular weight excluding hydrogens is 250 g/mol. The van der Waals surface area contributed by atoms with Crippen molar-refractivity contribution in [2.45, 2.75) is 18.9 Å². The van der Waals surface area contributed by atoms with Crippen LogP contribution in [0.2, 0.25) is 0 Å². The Balaban J connectivity index is 3.23. The zero-order chi connectivity index (χ0) is 14.4. The molecule has 19 heavy (non-hydrogen) atoms. The van der Waals surface area contributed by atoms with E-state index in [4.69, 9.17) is 20.9 Å². The van der Waals surface area contributed by atoms with Crippen molar-refractivity contribution in [2.75, 3.05) is 20.8 Å². The van der Waals surface area contributed by atoms with E-state index >= 15 is 0 Å². The molecule has 7 heteroatoms. The molecule has 0 aliphatic rings. The number of benzene rings is 1. The monoisotopic (exact) mass is 269 g/mol. The highest BCUT2D eigenvalue weighted by Crippen LogP contribution is 2.37. The summed E-state index contributed by atoms with van der Waals surface area (Å²) in [6, 6.07) is 2.43. The molecule has 0 spiro atoms. The fraction of sp³-hybridized carbons (Fsp3) is 0.500. The summed E-state index contributed by atoms with van der Waals surface area (Å²) < 4.78 is 10.2. The van der Waals surface area contributed by atoms with Crippen molar-refractivity contribution < 1.29 is 14.4 Å². The molecule has 0 radical (unpaired) electrons. The van der Waals surface area contributed by atoms with E-state index in [-0.39, 0.29) is 5.69 Å². The highest BCUT2D eigenvalue weighted by Gasteiger charge is 2.23. The maximum absolute atomic E-state index is 11.1. The fourth-order valence-corrected chi connectivity index (χ4v) is 1.83. The highest BCUT2D eigenvalue weighted by molar-refractivity contribution is 5.55. The van der Waals surface area contributed by atoms with Crippen molar-refractivity contribution in [1.82, 2.24) is 0 Å². The van der Waals surface area contributed by atoms with Crippen LogP contribution < -0.4 is 20.9 Å². The number of nitrogens with two attached hydrogens (primary N) is 2. The van der Waals surface area contributed by atoms with Gasteiger partial charge in [-0.25, -0.2) is 0 Å².